The molecule has 1 atom stereocenters. The van der Waals surface area contributed by atoms with Crippen molar-refractivity contribution in [2.45, 2.75) is 412 Å². The lowest BCUT2D eigenvalue weighted by atomic mass is 10.0. The van der Waals surface area contributed by atoms with E-state index in [4.69, 9.17) is 14.2 Å². The maximum absolute atomic E-state index is 12.9. The molecule has 0 aromatic carbocycles. The molecule has 83 heavy (non-hydrogen) atoms. The third kappa shape index (κ3) is 70.0. The van der Waals surface area contributed by atoms with Crippen LogP contribution in [0.1, 0.15) is 406 Å². The molecule has 0 rings (SSSR count). The summed E-state index contributed by atoms with van der Waals surface area (Å²) in [7, 11) is 0. The number of ether oxygens (including phenoxy) is 3. The fourth-order valence-electron chi connectivity index (χ4n) is 11.2. The van der Waals surface area contributed by atoms with Crippen molar-refractivity contribution in [1.29, 1.82) is 0 Å². The summed E-state index contributed by atoms with van der Waals surface area (Å²) in [5.41, 5.74) is 0. The van der Waals surface area contributed by atoms with E-state index in [2.05, 4.69) is 69.4 Å². The Morgan fingerprint density at radius 2 is 0.434 bits per heavy atom. The smallest absolute Gasteiger partial charge is 0.306 e. The number of hydrogen-bond acceptors (Lipinski definition) is 6. The van der Waals surface area contributed by atoms with Crippen molar-refractivity contribution in [1.82, 2.24) is 0 Å². The SMILES string of the molecule is CCCCC/C=C\C/C=C\C/C=C\CCCCCCCCC(=O)OC(COC(=O)CCCCCCC/C=C\CCCCCCC)COC(=O)CCCCCCCCCCCCCCCCCCCCCCCCCCCCCCCCCC. The molecule has 0 amide bonds. The van der Waals surface area contributed by atoms with Crippen LogP contribution in [0.5, 0.6) is 0 Å². The lowest BCUT2D eigenvalue weighted by Crippen LogP contribution is -2.30. The van der Waals surface area contributed by atoms with E-state index in [1.807, 2.05) is 0 Å². The van der Waals surface area contributed by atoms with Gasteiger partial charge in [0.2, 0.25) is 0 Å². The molecular formula is C77H142O6. The van der Waals surface area contributed by atoms with Gasteiger partial charge < -0.3 is 14.2 Å². The molecule has 0 aliphatic carbocycles. The second kappa shape index (κ2) is 71.8. The van der Waals surface area contributed by atoms with E-state index in [0.717, 1.165) is 89.9 Å². The number of carbonyl (C=O) groups excluding carboxylic acids is 3. The quantitative estimate of drug-likeness (QED) is 0.0261. The predicted molar refractivity (Wildman–Crippen MR) is 362 cm³/mol. The second-order valence-corrected chi connectivity index (χ2v) is 25.2. The lowest BCUT2D eigenvalue weighted by Gasteiger charge is -2.18. The molecule has 0 heterocycles. The molecule has 0 saturated carbocycles. The molecule has 0 aromatic rings. The van der Waals surface area contributed by atoms with Gasteiger partial charge in [0.25, 0.3) is 0 Å². The Bertz CT molecular complexity index is 1430. The van der Waals surface area contributed by atoms with Crippen LogP contribution in [-0.2, 0) is 28.6 Å². The highest BCUT2D eigenvalue weighted by molar-refractivity contribution is 5.71. The van der Waals surface area contributed by atoms with Gasteiger partial charge in [-0.15, -0.1) is 0 Å². The van der Waals surface area contributed by atoms with Crippen LogP contribution >= 0.6 is 0 Å². The Balaban J connectivity index is 4.17. The Labute approximate surface area is 518 Å². The normalized spacial score (nSPS) is 12.3. The van der Waals surface area contributed by atoms with Gasteiger partial charge in [-0.05, 0) is 83.5 Å². The van der Waals surface area contributed by atoms with Crippen LogP contribution in [0.25, 0.3) is 0 Å². The molecular weight excluding hydrogens is 1020 g/mol. The Morgan fingerprint density at radius 1 is 0.241 bits per heavy atom. The molecule has 0 saturated heterocycles. The molecule has 0 aliphatic rings. The molecule has 6 nitrogen and oxygen atoms in total. The van der Waals surface area contributed by atoms with Gasteiger partial charge in [-0.25, -0.2) is 0 Å². The molecule has 0 radical (unpaired) electrons. The highest BCUT2D eigenvalue weighted by Crippen LogP contribution is 2.19. The zero-order valence-electron chi connectivity index (χ0n) is 56.0. The lowest BCUT2D eigenvalue weighted by molar-refractivity contribution is -0.167. The molecule has 0 fully saturated rings. The van der Waals surface area contributed by atoms with Crippen LogP contribution in [0.2, 0.25) is 0 Å². The Morgan fingerprint density at radius 3 is 0.711 bits per heavy atom. The van der Waals surface area contributed by atoms with Crippen LogP contribution in [0, 0.1) is 0 Å². The van der Waals surface area contributed by atoms with Gasteiger partial charge in [-0.2, -0.15) is 0 Å². The summed E-state index contributed by atoms with van der Waals surface area (Å²) in [4.78, 5) is 38.4. The summed E-state index contributed by atoms with van der Waals surface area (Å²) in [6, 6.07) is 0. The average molecular weight is 1160 g/mol. The van der Waals surface area contributed by atoms with Gasteiger partial charge in [0.1, 0.15) is 13.2 Å². The monoisotopic (exact) mass is 1160 g/mol. The highest BCUT2D eigenvalue weighted by Gasteiger charge is 2.19. The third-order valence-corrected chi connectivity index (χ3v) is 16.8. The zero-order chi connectivity index (χ0) is 59.9. The molecule has 0 bridgehead atoms. The third-order valence-electron chi connectivity index (χ3n) is 16.8. The molecule has 0 N–H and O–H groups in total. The minimum absolute atomic E-state index is 0.0773. The van der Waals surface area contributed by atoms with Crippen molar-refractivity contribution in [3.63, 3.8) is 0 Å². The first-order valence-corrected chi connectivity index (χ1v) is 37.1. The largest absolute Gasteiger partial charge is 0.462 e. The van der Waals surface area contributed by atoms with E-state index in [0.29, 0.717) is 19.3 Å². The van der Waals surface area contributed by atoms with Crippen LogP contribution in [0.15, 0.2) is 48.6 Å². The Hall–Kier alpha value is -2.63. The van der Waals surface area contributed by atoms with Crippen LogP contribution in [0.4, 0.5) is 0 Å². The standard InChI is InChI=1S/C77H142O6/c1-4-7-10-13-16-19-22-25-28-30-32-33-34-35-36-37-38-39-40-41-42-43-44-46-47-49-52-55-58-61-64-67-70-76(79)82-73-74(72-81-75(78)69-66-63-60-57-54-51-27-24-21-18-15-12-9-6-3)83-77(80)71-68-65-62-59-56-53-50-48-45-31-29-26-23-20-17-14-11-8-5-2/h17,20,24,26-27,29,45,48,74H,4-16,18-19,21-23,25,28,30-44,46-47,49-73H2,1-3H3/b20-17-,27-24-,29-26-,48-45-. The van der Waals surface area contributed by atoms with Gasteiger partial charge >= 0.3 is 17.9 Å². The average Bonchev–Trinajstić information content (AvgIpc) is 3.49. The van der Waals surface area contributed by atoms with E-state index < -0.39 is 6.10 Å². The van der Waals surface area contributed by atoms with E-state index in [1.54, 1.807) is 0 Å². The van der Waals surface area contributed by atoms with Crippen LogP contribution in [-0.4, -0.2) is 37.2 Å². The highest BCUT2D eigenvalue weighted by atomic mass is 16.6. The first kappa shape index (κ1) is 80.4. The predicted octanol–water partition coefficient (Wildman–Crippen LogP) is 25.7. The van der Waals surface area contributed by atoms with Gasteiger partial charge in [0.15, 0.2) is 6.10 Å². The summed E-state index contributed by atoms with van der Waals surface area (Å²) >= 11 is 0. The van der Waals surface area contributed by atoms with Gasteiger partial charge in [-0.3, -0.25) is 14.4 Å². The molecule has 0 aromatic heterocycles. The second-order valence-electron chi connectivity index (χ2n) is 25.2. The van der Waals surface area contributed by atoms with Gasteiger partial charge in [0, 0.05) is 19.3 Å². The number of rotatable bonds is 69. The van der Waals surface area contributed by atoms with Gasteiger partial charge in [0.05, 0.1) is 0 Å². The minimum atomic E-state index is -0.784. The number of allylic oxidation sites excluding steroid dienone is 8. The van der Waals surface area contributed by atoms with E-state index in [1.165, 1.54) is 276 Å². The number of unbranched alkanes of at least 4 members (excludes halogenated alkanes) is 50. The first-order chi connectivity index (χ1) is 41.0. The number of hydrogen-bond donors (Lipinski definition) is 0. The van der Waals surface area contributed by atoms with Crippen molar-refractivity contribution in [2.75, 3.05) is 13.2 Å². The zero-order valence-corrected chi connectivity index (χ0v) is 56.0. The summed E-state index contributed by atoms with van der Waals surface area (Å²) in [6.45, 7) is 6.65. The minimum Gasteiger partial charge on any atom is -0.462 e. The van der Waals surface area contributed by atoms with Crippen molar-refractivity contribution in [3.8, 4) is 0 Å². The molecule has 0 aliphatic heterocycles. The van der Waals surface area contributed by atoms with E-state index in [9.17, 15) is 14.4 Å². The van der Waals surface area contributed by atoms with E-state index >= 15 is 0 Å². The molecule has 486 valence electrons. The van der Waals surface area contributed by atoms with Crippen LogP contribution < -0.4 is 0 Å². The van der Waals surface area contributed by atoms with Gasteiger partial charge in [-0.1, -0.05) is 352 Å². The van der Waals surface area contributed by atoms with Crippen molar-refractivity contribution in [3.05, 3.63) is 48.6 Å². The summed E-state index contributed by atoms with van der Waals surface area (Å²) in [5, 5.41) is 0. The van der Waals surface area contributed by atoms with Crippen molar-refractivity contribution in [2.24, 2.45) is 0 Å². The molecule has 1 unspecified atom stereocenters. The van der Waals surface area contributed by atoms with Crippen LogP contribution in [0.3, 0.4) is 0 Å². The topological polar surface area (TPSA) is 78.9 Å². The number of carbonyl (C=O) groups is 3. The maximum atomic E-state index is 12.9. The van der Waals surface area contributed by atoms with Crippen molar-refractivity contribution < 1.29 is 28.6 Å². The van der Waals surface area contributed by atoms with E-state index in [-0.39, 0.29) is 31.1 Å². The molecule has 6 heteroatoms. The van der Waals surface area contributed by atoms with Crippen molar-refractivity contribution >= 4 is 17.9 Å². The molecule has 0 spiro atoms. The summed E-state index contributed by atoms with van der Waals surface area (Å²) < 4.78 is 17.0. The summed E-state index contributed by atoms with van der Waals surface area (Å²) in [5.74, 6) is -0.874. The Kier molecular flexibility index (Phi) is 69.6. The first-order valence-electron chi connectivity index (χ1n) is 37.1. The fourth-order valence-corrected chi connectivity index (χ4v) is 11.2. The summed E-state index contributed by atoms with van der Waals surface area (Å²) in [6.07, 6.45) is 91.6. The maximum Gasteiger partial charge on any atom is 0.306 e. The fraction of sp³-hybridized carbons (Fsp3) is 0.857. The number of esters is 3.